The first-order chi connectivity index (χ1) is 32.6. The van der Waals surface area contributed by atoms with Crippen LogP contribution in [0.2, 0.25) is 0 Å². The van der Waals surface area contributed by atoms with Crippen molar-refractivity contribution in [3.8, 4) is 5.75 Å². The fraction of sp³-hybridized carbons (Fsp3) is 0.404. The Labute approximate surface area is 406 Å². The summed E-state index contributed by atoms with van der Waals surface area (Å²) in [6.45, 7) is 8.97. The first-order valence-corrected chi connectivity index (χ1v) is 25.1. The van der Waals surface area contributed by atoms with Crippen molar-refractivity contribution >= 4 is 62.5 Å². The Morgan fingerprint density at radius 3 is 2.33 bits per heavy atom. The van der Waals surface area contributed by atoms with Gasteiger partial charge >= 0.3 is 5.97 Å². The van der Waals surface area contributed by atoms with Gasteiger partial charge in [0.05, 0.1) is 19.6 Å². The number of aliphatic hydroxyl groups excluding tert-OH is 2. The third kappa shape index (κ3) is 10.1. The number of hydrogen-bond donors (Lipinski definition) is 4. The van der Waals surface area contributed by atoms with Crippen molar-refractivity contribution in [3.05, 3.63) is 136 Å². The fourth-order valence-corrected chi connectivity index (χ4v) is 12.8. The molecule has 0 heterocycles. The zero-order valence-electron chi connectivity index (χ0n) is 40.4. The first kappa shape index (κ1) is 51.4. The van der Waals surface area contributed by atoms with E-state index in [1.165, 1.54) is 23.1 Å². The lowest BCUT2D eigenvalue weighted by Crippen LogP contribution is -2.62. The first-order valence-electron chi connectivity index (χ1n) is 23.6. The Morgan fingerprint density at radius 1 is 0.986 bits per heavy atom. The molecule has 4 aromatic rings. The van der Waals surface area contributed by atoms with Gasteiger partial charge in [-0.15, -0.1) is 0 Å². The van der Waals surface area contributed by atoms with Gasteiger partial charge in [-0.05, 0) is 191 Å². The van der Waals surface area contributed by atoms with E-state index in [1.54, 1.807) is 50.6 Å². The minimum Gasteiger partial charge on any atom is -0.612 e. The maximum Gasteiger partial charge on any atom is 0.307 e. The van der Waals surface area contributed by atoms with Gasteiger partial charge in [-0.2, -0.15) is 0 Å². The highest BCUT2D eigenvalue weighted by Gasteiger charge is 2.68. The molecule has 5 aliphatic rings. The van der Waals surface area contributed by atoms with Crippen LogP contribution in [-0.2, 0) is 36.8 Å². The van der Waals surface area contributed by atoms with E-state index in [1.807, 2.05) is 56.3 Å². The van der Waals surface area contributed by atoms with E-state index in [2.05, 4.69) is 32.0 Å². The predicted molar refractivity (Wildman–Crippen MR) is 267 cm³/mol. The number of ether oxygens (including phenoxy) is 1. The van der Waals surface area contributed by atoms with Crippen LogP contribution >= 0.6 is 0 Å². The number of methoxy groups -OCH3 is 1. The molecule has 4 aromatic carbocycles. The topological polar surface area (TPSA) is 181 Å². The van der Waals surface area contributed by atoms with Gasteiger partial charge in [0.2, 0.25) is 0 Å². The van der Waals surface area contributed by atoms with Crippen LogP contribution in [-0.4, -0.2) is 80.0 Å². The molecule has 9 rings (SSSR count). The quantitative estimate of drug-likeness (QED) is 0.112. The third-order valence-corrected chi connectivity index (χ3v) is 16.7. The largest absolute Gasteiger partial charge is 0.612 e. The summed E-state index contributed by atoms with van der Waals surface area (Å²) < 4.78 is 30.3. The Kier molecular flexibility index (Phi) is 15.2. The average Bonchev–Trinajstić information content (AvgIpc) is 3.72. The number of aliphatic carboxylic acids is 1. The Bertz CT molecular complexity index is 2790. The van der Waals surface area contributed by atoms with Crippen molar-refractivity contribution in [2.75, 3.05) is 20.0 Å². The molecule has 4 N–H and O–H groups in total. The Balaban J connectivity index is 0.000000157. The minimum atomic E-state index is -1.57. The van der Waals surface area contributed by atoms with Gasteiger partial charge < -0.3 is 34.5 Å². The van der Waals surface area contributed by atoms with Gasteiger partial charge in [0.1, 0.15) is 35.8 Å². The number of allylic oxidation sites excluding steroid dienone is 6. The monoisotopic (exact) mass is 958 g/mol. The second-order valence-corrected chi connectivity index (χ2v) is 21.3. The van der Waals surface area contributed by atoms with Crippen molar-refractivity contribution in [1.82, 2.24) is 0 Å². The number of carbonyl (C=O) groups is 4. The van der Waals surface area contributed by atoms with Gasteiger partial charge in [-0.1, -0.05) is 62.8 Å². The third-order valence-electron chi connectivity index (χ3n) is 15.8. The van der Waals surface area contributed by atoms with E-state index in [0.29, 0.717) is 30.4 Å². The number of Topliss-reactive ketones (excluding diaryl/α,β-unsaturated/α-hetero) is 2. The predicted octanol–water partition coefficient (Wildman–Crippen LogP) is 9.54. The minimum absolute atomic E-state index is 0.00620. The number of carbonyl (C=O) groups excluding carboxylic acids is 3. The zero-order valence-corrected chi connectivity index (χ0v) is 41.2. The number of carboxylic acid groups (broad SMARTS) is 1. The summed E-state index contributed by atoms with van der Waals surface area (Å²) in [6.07, 6.45) is 11.7. The number of hydrogen-bond acceptors (Lipinski definition) is 9. The molecule has 5 aliphatic carbocycles. The SMILES string of the molecule is CC1=C(CC(=O)O)c2cc(F)ccc2/C1=C\c1ccc([S+](C)[O-])cc1.COc1ccc2cc(CCC(C)=O)ccc2c1.C[C@H]1C[C@@H]2[C@H]([C@@H](O)C[C@@]3(C)[C@H]2CC[C@]3(O)C(=O)CO)[C@@]2(C)C=CC(=O)C=C12. The molecule has 0 saturated heterocycles. The molecular formula is C57H63FO10S. The number of fused-ring (bicyclic) bond motifs is 7. The van der Waals surface area contributed by atoms with E-state index >= 15 is 0 Å². The molecule has 0 radical (unpaired) electrons. The van der Waals surface area contributed by atoms with Crippen LogP contribution in [0.3, 0.4) is 0 Å². The molecule has 12 heteroatoms. The Hall–Kier alpha value is -5.50. The van der Waals surface area contributed by atoms with Crippen molar-refractivity contribution in [3.63, 3.8) is 0 Å². The maximum atomic E-state index is 13.7. The summed E-state index contributed by atoms with van der Waals surface area (Å²) >= 11 is -1.04. The van der Waals surface area contributed by atoms with Crippen LogP contribution in [0.15, 0.2) is 113 Å². The van der Waals surface area contributed by atoms with E-state index < -0.39 is 46.7 Å². The number of carboxylic acids is 1. The molecule has 3 fully saturated rings. The second-order valence-electron chi connectivity index (χ2n) is 19.9. The normalized spacial score (nSPS) is 28.5. The molecule has 0 bridgehead atoms. The van der Waals surface area contributed by atoms with Crippen molar-refractivity contribution < 1.29 is 53.3 Å². The highest BCUT2D eigenvalue weighted by atomic mass is 32.2. The number of rotatable bonds is 10. The molecular weight excluding hydrogens is 896 g/mol. The fourth-order valence-electron chi connectivity index (χ4n) is 12.3. The van der Waals surface area contributed by atoms with E-state index in [4.69, 9.17) is 9.84 Å². The van der Waals surface area contributed by atoms with Crippen molar-refractivity contribution in [1.29, 1.82) is 0 Å². The molecule has 10 nitrogen and oxygen atoms in total. The number of ketones is 3. The molecule has 0 amide bonds. The van der Waals surface area contributed by atoms with Crippen LogP contribution in [0.1, 0.15) is 95.4 Å². The summed E-state index contributed by atoms with van der Waals surface area (Å²) in [7, 11) is 1.67. The van der Waals surface area contributed by atoms with Crippen molar-refractivity contribution in [2.24, 2.45) is 34.5 Å². The highest BCUT2D eigenvalue weighted by molar-refractivity contribution is 7.90. The average molecular weight is 959 g/mol. The molecule has 1 unspecified atom stereocenters. The summed E-state index contributed by atoms with van der Waals surface area (Å²) in [5, 5.41) is 43.4. The maximum absolute atomic E-state index is 13.7. The lowest BCUT2D eigenvalue weighted by atomic mass is 9.45. The summed E-state index contributed by atoms with van der Waals surface area (Å²) in [6, 6.07) is 24.1. The molecule has 0 aliphatic heterocycles. The summed E-state index contributed by atoms with van der Waals surface area (Å²) in [4.78, 5) is 47.2. The van der Waals surface area contributed by atoms with Gasteiger partial charge in [-0.25, -0.2) is 4.39 Å². The number of halogens is 1. The Morgan fingerprint density at radius 2 is 1.68 bits per heavy atom. The van der Waals surface area contributed by atoms with Gasteiger partial charge in [0, 0.05) is 23.2 Å². The lowest BCUT2D eigenvalue weighted by Gasteiger charge is -2.60. The van der Waals surface area contributed by atoms with Gasteiger partial charge in [-0.3, -0.25) is 14.4 Å². The van der Waals surface area contributed by atoms with Gasteiger partial charge in [0.25, 0.3) is 0 Å². The lowest BCUT2D eigenvalue weighted by molar-refractivity contribution is -0.180. The molecule has 3 saturated carbocycles. The summed E-state index contributed by atoms with van der Waals surface area (Å²) in [5.41, 5.74) is 4.36. The molecule has 0 spiro atoms. The number of aryl methyl sites for hydroxylation is 1. The molecule has 364 valence electrons. The molecule has 9 atom stereocenters. The van der Waals surface area contributed by atoms with Crippen LogP contribution in [0.25, 0.3) is 28.0 Å². The number of benzene rings is 4. The summed E-state index contributed by atoms with van der Waals surface area (Å²) in [5.74, 6) is -0.299. The standard InChI is InChI=1S/C22H30O5.C20H17FO3S.C15H16O2/c1-12-8-14-15-5-7-22(27,18(26)11-23)21(15,3)10-17(25)19(14)20(2)6-4-13(24)9-16(12)20;1-12-17(9-13-3-6-15(7-4-13)25(2)24)16-8-5-14(21)10-19(16)18(12)11-20(22)23;1-11(16)3-4-12-5-6-14-10-15(17-2)8-7-13(14)9-12/h4,6,9,12,14-15,17,19,23,25,27H,5,7-8,10-11H2,1-3H3;3-10H,11H2,1-2H3,(H,22,23);5-10H,3-4H2,1-2H3/b;17-9-;/t12-,14-,15-,17-,19+,20-,21-,22-;;/m0../s1. The molecule has 69 heavy (non-hydrogen) atoms. The smallest absolute Gasteiger partial charge is 0.307 e. The molecule has 0 aromatic heterocycles. The zero-order chi connectivity index (χ0) is 50.2. The second kappa shape index (κ2) is 20.5. The van der Waals surface area contributed by atoms with Crippen molar-refractivity contribution in [2.45, 2.75) is 96.2 Å². The van der Waals surface area contributed by atoms with E-state index in [-0.39, 0.29) is 52.9 Å². The number of aliphatic hydroxyl groups is 3. The van der Waals surface area contributed by atoms with Crippen LogP contribution in [0, 0.1) is 40.3 Å². The van der Waals surface area contributed by atoms with Crippen LogP contribution in [0.5, 0.6) is 5.75 Å². The van der Waals surface area contributed by atoms with Gasteiger partial charge in [0.15, 0.2) is 16.5 Å². The van der Waals surface area contributed by atoms with E-state index in [9.17, 15) is 43.4 Å². The highest BCUT2D eigenvalue weighted by Crippen LogP contribution is 2.67. The van der Waals surface area contributed by atoms with E-state index in [0.717, 1.165) is 63.1 Å². The van der Waals surface area contributed by atoms with Crippen LogP contribution in [0.4, 0.5) is 4.39 Å². The van der Waals surface area contributed by atoms with Crippen LogP contribution < -0.4 is 4.74 Å².